The van der Waals surface area contributed by atoms with Crippen molar-refractivity contribution in [2.45, 2.75) is 18.4 Å². The number of hydrogen-bond donors (Lipinski definition) is 0. The van der Waals surface area contributed by atoms with Gasteiger partial charge >= 0.3 is 70.0 Å². The fourth-order valence-corrected chi connectivity index (χ4v) is 2.54. The van der Waals surface area contributed by atoms with E-state index in [2.05, 4.69) is 44.2 Å². The maximum atomic E-state index is 2.28. The molecule has 0 saturated carbocycles. The van der Waals surface area contributed by atoms with Crippen LogP contribution in [0, 0.1) is 0 Å². The third-order valence-corrected chi connectivity index (χ3v) is 3.21. The molecular weight excluding hydrogens is 209 g/mol. The second-order valence-corrected chi connectivity index (χ2v) is 5.88. The molecular formula is C9H12Ru. The van der Waals surface area contributed by atoms with Crippen LogP contribution in [0.15, 0.2) is 30.3 Å². The molecule has 1 heteroatoms. The van der Waals surface area contributed by atoms with Crippen LogP contribution < -0.4 is 4.16 Å². The van der Waals surface area contributed by atoms with Crippen LogP contribution in [0.3, 0.4) is 0 Å². The van der Waals surface area contributed by atoms with Crippen molar-refractivity contribution in [2.75, 3.05) is 0 Å². The molecule has 0 bridgehead atoms. The third kappa shape index (κ3) is 2.62. The molecule has 1 aromatic carbocycles. The molecule has 0 saturated heterocycles. The quantitative estimate of drug-likeness (QED) is 0.672. The first-order chi connectivity index (χ1) is 4.79. The fourth-order valence-electron chi connectivity index (χ4n) is 0.714. The zero-order valence-electron chi connectivity index (χ0n) is 6.32. The van der Waals surface area contributed by atoms with Crippen molar-refractivity contribution < 1.29 is 17.1 Å². The van der Waals surface area contributed by atoms with E-state index in [1.165, 1.54) is 4.16 Å². The summed E-state index contributed by atoms with van der Waals surface area (Å²) >= 11 is 0.436. The van der Waals surface area contributed by atoms with Gasteiger partial charge in [-0.2, -0.15) is 0 Å². The fraction of sp³-hybridized carbons (Fsp3) is 0.333. The second-order valence-electron chi connectivity index (χ2n) is 2.37. The Balaban J connectivity index is 2.59. The molecule has 0 aliphatic heterocycles. The molecule has 56 valence electrons. The summed E-state index contributed by atoms with van der Waals surface area (Å²) in [4.78, 5) is 0. The first-order valence-corrected chi connectivity index (χ1v) is 5.32. The Morgan fingerprint density at radius 1 is 1.10 bits per heavy atom. The molecule has 0 atom stereocenters. The molecule has 0 amide bonds. The topological polar surface area (TPSA) is 0 Å². The van der Waals surface area contributed by atoms with E-state index >= 15 is 0 Å². The van der Waals surface area contributed by atoms with E-state index in [0.717, 1.165) is 4.51 Å². The summed E-state index contributed by atoms with van der Waals surface area (Å²) in [6.45, 7) is 4.57. The average Bonchev–Trinajstić information content (AvgIpc) is 1.88. The molecule has 0 aliphatic rings. The zero-order chi connectivity index (χ0) is 7.40. The Hall–Kier alpha value is -0.157. The molecule has 0 radical (unpaired) electrons. The van der Waals surface area contributed by atoms with Crippen LogP contribution in [0.2, 0.25) is 4.51 Å². The van der Waals surface area contributed by atoms with E-state index in [9.17, 15) is 0 Å². The van der Waals surface area contributed by atoms with Crippen molar-refractivity contribution in [1.29, 1.82) is 0 Å². The van der Waals surface area contributed by atoms with E-state index in [1.54, 1.807) is 0 Å². The van der Waals surface area contributed by atoms with E-state index in [0.29, 0.717) is 17.1 Å². The first kappa shape index (κ1) is 7.94. The molecule has 0 nitrogen and oxygen atoms in total. The van der Waals surface area contributed by atoms with E-state index in [-0.39, 0.29) is 0 Å². The first-order valence-electron chi connectivity index (χ1n) is 3.45. The Kier molecular flexibility index (Phi) is 3.08. The molecule has 0 unspecified atom stereocenters. The van der Waals surface area contributed by atoms with Crippen LogP contribution in [0.1, 0.15) is 13.8 Å². The predicted molar refractivity (Wildman–Crippen MR) is 41.2 cm³/mol. The molecule has 0 N–H and O–H groups in total. The van der Waals surface area contributed by atoms with Crippen molar-refractivity contribution in [1.82, 2.24) is 0 Å². The second kappa shape index (κ2) is 3.88. The molecule has 0 heterocycles. The summed E-state index contributed by atoms with van der Waals surface area (Å²) < 4.78 is 2.39. The minimum atomic E-state index is 0.436. The van der Waals surface area contributed by atoms with Crippen molar-refractivity contribution in [3.8, 4) is 0 Å². The maximum absolute atomic E-state index is 2.28. The molecule has 0 aliphatic carbocycles. The van der Waals surface area contributed by atoms with Gasteiger partial charge in [-0.3, -0.25) is 0 Å². The van der Waals surface area contributed by atoms with Crippen molar-refractivity contribution in [3.05, 3.63) is 30.3 Å². The van der Waals surface area contributed by atoms with Crippen molar-refractivity contribution in [2.24, 2.45) is 0 Å². The SMILES string of the molecule is C[CH](C)[Ru][c]1ccccc1. The predicted octanol–water partition coefficient (Wildman–Crippen LogP) is 2.22. The Bertz CT molecular complexity index is 179. The van der Waals surface area contributed by atoms with Gasteiger partial charge in [-0.1, -0.05) is 0 Å². The Labute approximate surface area is 70.2 Å². The van der Waals surface area contributed by atoms with Crippen LogP contribution in [0.4, 0.5) is 0 Å². The van der Waals surface area contributed by atoms with Gasteiger partial charge in [-0.15, -0.1) is 0 Å². The standard InChI is InChI=1S/C6H5.C3H7.Ru/c1-2-4-6-5-3-1;1-3-2;/h1-5H;3H,1-2H3;. The van der Waals surface area contributed by atoms with Crippen LogP contribution >= 0.6 is 0 Å². The summed E-state index contributed by atoms with van der Waals surface area (Å²) in [6.07, 6.45) is 0. The van der Waals surface area contributed by atoms with Crippen molar-refractivity contribution >= 4 is 4.16 Å². The van der Waals surface area contributed by atoms with Gasteiger partial charge in [0.05, 0.1) is 0 Å². The van der Waals surface area contributed by atoms with Gasteiger partial charge in [-0.25, -0.2) is 0 Å². The molecule has 0 spiro atoms. The molecule has 1 rings (SSSR count). The monoisotopic (exact) mass is 222 g/mol. The van der Waals surface area contributed by atoms with Crippen LogP contribution in [-0.2, 0) is 17.1 Å². The van der Waals surface area contributed by atoms with Crippen LogP contribution in [0.25, 0.3) is 0 Å². The van der Waals surface area contributed by atoms with Gasteiger partial charge in [-0.05, 0) is 0 Å². The van der Waals surface area contributed by atoms with Gasteiger partial charge in [0.2, 0.25) is 0 Å². The average molecular weight is 221 g/mol. The van der Waals surface area contributed by atoms with Gasteiger partial charge in [0.25, 0.3) is 0 Å². The zero-order valence-corrected chi connectivity index (χ0v) is 8.06. The van der Waals surface area contributed by atoms with Gasteiger partial charge in [0.15, 0.2) is 0 Å². The summed E-state index contributed by atoms with van der Waals surface area (Å²) in [5.74, 6) is 0. The summed E-state index contributed by atoms with van der Waals surface area (Å²) in [7, 11) is 0. The summed E-state index contributed by atoms with van der Waals surface area (Å²) in [5, 5.41) is 0. The Morgan fingerprint density at radius 2 is 1.70 bits per heavy atom. The van der Waals surface area contributed by atoms with Gasteiger partial charge in [0.1, 0.15) is 0 Å². The molecule has 1 aromatic rings. The summed E-state index contributed by atoms with van der Waals surface area (Å²) in [6, 6.07) is 10.7. The molecule has 0 fully saturated rings. The van der Waals surface area contributed by atoms with Crippen LogP contribution in [-0.4, -0.2) is 0 Å². The number of hydrogen-bond acceptors (Lipinski definition) is 0. The van der Waals surface area contributed by atoms with Gasteiger partial charge in [0, 0.05) is 0 Å². The van der Waals surface area contributed by atoms with Gasteiger partial charge < -0.3 is 0 Å². The minimum absolute atomic E-state index is 0.436. The summed E-state index contributed by atoms with van der Waals surface area (Å²) in [5.41, 5.74) is 0. The van der Waals surface area contributed by atoms with E-state index in [1.807, 2.05) is 0 Å². The normalized spacial score (nSPS) is 10.7. The number of rotatable bonds is 2. The van der Waals surface area contributed by atoms with E-state index < -0.39 is 0 Å². The van der Waals surface area contributed by atoms with Crippen LogP contribution in [0.5, 0.6) is 0 Å². The molecule has 10 heavy (non-hydrogen) atoms. The molecule has 0 aromatic heterocycles. The van der Waals surface area contributed by atoms with Crippen molar-refractivity contribution in [3.63, 3.8) is 0 Å². The number of benzene rings is 1. The third-order valence-electron chi connectivity index (χ3n) is 1.05. The van der Waals surface area contributed by atoms with E-state index in [4.69, 9.17) is 0 Å². The Morgan fingerprint density at radius 3 is 2.20 bits per heavy atom.